The van der Waals surface area contributed by atoms with Crippen LogP contribution in [-0.4, -0.2) is 29.0 Å². The highest BCUT2D eigenvalue weighted by atomic mass is 16.1. The summed E-state index contributed by atoms with van der Waals surface area (Å²) in [5.74, 6) is 0.997. The normalized spacial score (nSPS) is 11.9. The van der Waals surface area contributed by atoms with Crippen LogP contribution in [0.25, 0.3) is 0 Å². The summed E-state index contributed by atoms with van der Waals surface area (Å²) < 4.78 is 0. The zero-order valence-electron chi connectivity index (χ0n) is 9.74. The highest BCUT2D eigenvalue weighted by Crippen LogP contribution is 2.20. The number of carbonyl (C=O) groups excluding carboxylic acids is 1. The van der Waals surface area contributed by atoms with E-state index in [0.717, 1.165) is 17.8 Å². The average Bonchev–Trinajstić information content (AvgIpc) is 2.28. The van der Waals surface area contributed by atoms with Gasteiger partial charge in [0.2, 0.25) is 5.91 Å². The van der Waals surface area contributed by atoms with Crippen LogP contribution in [0, 0.1) is 0 Å². The van der Waals surface area contributed by atoms with E-state index in [1.807, 2.05) is 6.92 Å². The minimum absolute atomic E-state index is 0.410. The molecule has 1 heterocycles. The minimum Gasteiger partial charge on any atom is -0.373 e. The molecule has 4 N–H and O–H groups in total. The number of anilines is 2. The number of nitrogens with one attached hydrogen (secondary N) is 2. The molecule has 16 heavy (non-hydrogen) atoms. The van der Waals surface area contributed by atoms with E-state index in [1.54, 1.807) is 14.0 Å². The van der Waals surface area contributed by atoms with E-state index in [9.17, 15) is 4.79 Å². The Kier molecular flexibility index (Phi) is 4.04. The zero-order valence-corrected chi connectivity index (χ0v) is 9.74. The molecular formula is C10H17N5O. The van der Waals surface area contributed by atoms with Crippen molar-refractivity contribution in [2.45, 2.75) is 26.3 Å². The van der Waals surface area contributed by atoms with Crippen molar-refractivity contribution in [3.05, 3.63) is 11.9 Å². The van der Waals surface area contributed by atoms with Crippen molar-refractivity contribution < 1.29 is 4.79 Å². The van der Waals surface area contributed by atoms with Crippen LogP contribution in [0.4, 0.5) is 11.6 Å². The standard InChI is InChI=1S/C10H17N5O/c1-4-7-9(12-3)13-5-14-10(7)15-6(2)8(11)16/h5-6H,4H2,1-3H3,(H2,11,16)(H2,12,13,14,15). The molecule has 0 fully saturated rings. The Labute approximate surface area is 94.7 Å². The number of hydrogen-bond acceptors (Lipinski definition) is 5. The van der Waals surface area contributed by atoms with Gasteiger partial charge >= 0.3 is 0 Å². The first kappa shape index (κ1) is 12.2. The SMILES string of the molecule is CCc1c(NC)ncnc1NC(C)C(N)=O. The molecule has 1 unspecified atom stereocenters. The van der Waals surface area contributed by atoms with Crippen molar-refractivity contribution in [2.24, 2.45) is 5.73 Å². The number of primary amides is 1. The smallest absolute Gasteiger partial charge is 0.239 e. The summed E-state index contributed by atoms with van der Waals surface area (Å²) in [5.41, 5.74) is 6.13. The van der Waals surface area contributed by atoms with E-state index >= 15 is 0 Å². The number of amides is 1. The molecule has 0 spiro atoms. The van der Waals surface area contributed by atoms with Crippen LogP contribution >= 0.6 is 0 Å². The van der Waals surface area contributed by atoms with Crippen LogP contribution in [-0.2, 0) is 11.2 Å². The summed E-state index contributed by atoms with van der Waals surface area (Å²) in [7, 11) is 1.79. The number of hydrogen-bond donors (Lipinski definition) is 3. The second-order valence-corrected chi connectivity index (χ2v) is 3.42. The second kappa shape index (κ2) is 5.29. The predicted molar refractivity (Wildman–Crippen MR) is 63.2 cm³/mol. The average molecular weight is 223 g/mol. The number of aromatic nitrogens is 2. The lowest BCUT2D eigenvalue weighted by Crippen LogP contribution is -2.33. The Morgan fingerprint density at radius 2 is 2.12 bits per heavy atom. The molecule has 0 aliphatic heterocycles. The Morgan fingerprint density at radius 1 is 1.50 bits per heavy atom. The van der Waals surface area contributed by atoms with Gasteiger partial charge in [0.15, 0.2) is 0 Å². The van der Waals surface area contributed by atoms with E-state index in [1.165, 1.54) is 6.33 Å². The number of nitrogens with two attached hydrogens (primary N) is 1. The summed E-state index contributed by atoms with van der Waals surface area (Å²) in [4.78, 5) is 19.2. The van der Waals surface area contributed by atoms with Gasteiger partial charge in [0.25, 0.3) is 0 Å². The van der Waals surface area contributed by atoms with Crippen molar-refractivity contribution in [2.75, 3.05) is 17.7 Å². The fraction of sp³-hybridized carbons (Fsp3) is 0.500. The molecule has 0 radical (unpaired) electrons. The molecule has 1 amide bonds. The number of carbonyl (C=O) groups is 1. The molecule has 1 rings (SSSR count). The first-order chi connectivity index (χ1) is 7.60. The lowest BCUT2D eigenvalue weighted by molar-refractivity contribution is -0.118. The monoisotopic (exact) mass is 223 g/mol. The molecule has 1 aromatic rings. The van der Waals surface area contributed by atoms with Crippen LogP contribution < -0.4 is 16.4 Å². The maximum Gasteiger partial charge on any atom is 0.239 e. The minimum atomic E-state index is -0.454. The predicted octanol–water partition coefficient (Wildman–Crippen LogP) is 0.366. The number of rotatable bonds is 5. The van der Waals surface area contributed by atoms with E-state index in [-0.39, 0.29) is 0 Å². The molecule has 1 aromatic heterocycles. The molecular weight excluding hydrogens is 206 g/mol. The molecule has 0 aliphatic carbocycles. The van der Waals surface area contributed by atoms with Crippen molar-refractivity contribution >= 4 is 17.5 Å². The second-order valence-electron chi connectivity index (χ2n) is 3.42. The van der Waals surface area contributed by atoms with Crippen LogP contribution in [0.5, 0.6) is 0 Å². The van der Waals surface area contributed by atoms with Gasteiger partial charge < -0.3 is 16.4 Å². The third kappa shape index (κ3) is 2.59. The van der Waals surface area contributed by atoms with Crippen LogP contribution in [0.2, 0.25) is 0 Å². The molecule has 6 heteroatoms. The van der Waals surface area contributed by atoms with E-state index in [4.69, 9.17) is 5.73 Å². The molecule has 6 nitrogen and oxygen atoms in total. The summed E-state index contributed by atoms with van der Waals surface area (Å²) in [5, 5.41) is 5.95. The van der Waals surface area contributed by atoms with Gasteiger partial charge in [-0.05, 0) is 13.3 Å². The van der Waals surface area contributed by atoms with Crippen molar-refractivity contribution in [3.8, 4) is 0 Å². The van der Waals surface area contributed by atoms with Crippen molar-refractivity contribution in [3.63, 3.8) is 0 Å². The topological polar surface area (TPSA) is 92.9 Å². The third-order valence-electron chi connectivity index (χ3n) is 2.32. The highest BCUT2D eigenvalue weighted by Gasteiger charge is 2.13. The maximum atomic E-state index is 11.0. The highest BCUT2D eigenvalue weighted by molar-refractivity contribution is 5.82. The van der Waals surface area contributed by atoms with Gasteiger partial charge in [-0.2, -0.15) is 0 Å². The maximum absolute atomic E-state index is 11.0. The molecule has 0 saturated carbocycles. The third-order valence-corrected chi connectivity index (χ3v) is 2.32. The Bertz CT molecular complexity index is 379. The first-order valence-corrected chi connectivity index (χ1v) is 5.17. The summed E-state index contributed by atoms with van der Waals surface area (Å²) in [6, 6.07) is -0.454. The van der Waals surface area contributed by atoms with Crippen LogP contribution in [0.3, 0.4) is 0 Å². The lowest BCUT2D eigenvalue weighted by Gasteiger charge is -2.15. The summed E-state index contributed by atoms with van der Waals surface area (Å²) in [6.07, 6.45) is 2.21. The Balaban J connectivity index is 2.99. The molecule has 0 aliphatic rings. The largest absolute Gasteiger partial charge is 0.373 e. The Morgan fingerprint density at radius 3 is 2.62 bits per heavy atom. The van der Waals surface area contributed by atoms with Crippen LogP contribution in [0.15, 0.2) is 6.33 Å². The molecule has 0 saturated heterocycles. The van der Waals surface area contributed by atoms with Gasteiger partial charge in [-0.25, -0.2) is 9.97 Å². The fourth-order valence-corrected chi connectivity index (χ4v) is 1.36. The van der Waals surface area contributed by atoms with Gasteiger partial charge in [0, 0.05) is 12.6 Å². The quantitative estimate of drug-likeness (QED) is 0.670. The van der Waals surface area contributed by atoms with Crippen molar-refractivity contribution in [1.29, 1.82) is 0 Å². The summed E-state index contributed by atoms with van der Waals surface area (Å²) >= 11 is 0. The van der Waals surface area contributed by atoms with Gasteiger partial charge in [-0.1, -0.05) is 6.92 Å². The van der Waals surface area contributed by atoms with E-state index < -0.39 is 11.9 Å². The van der Waals surface area contributed by atoms with Crippen LogP contribution in [0.1, 0.15) is 19.4 Å². The van der Waals surface area contributed by atoms with E-state index in [2.05, 4.69) is 20.6 Å². The van der Waals surface area contributed by atoms with Gasteiger partial charge in [0.1, 0.15) is 24.0 Å². The first-order valence-electron chi connectivity index (χ1n) is 5.17. The number of nitrogens with zero attached hydrogens (tertiary/aromatic N) is 2. The molecule has 88 valence electrons. The molecule has 0 bridgehead atoms. The van der Waals surface area contributed by atoms with Gasteiger partial charge in [-0.3, -0.25) is 4.79 Å². The molecule has 1 atom stereocenters. The van der Waals surface area contributed by atoms with Crippen molar-refractivity contribution in [1.82, 2.24) is 9.97 Å². The van der Waals surface area contributed by atoms with Gasteiger partial charge in [-0.15, -0.1) is 0 Å². The summed E-state index contributed by atoms with van der Waals surface area (Å²) in [6.45, 7) is 3.70. The fourth-order valence-electron chi connectivity index (χ4n) is 1.36. The molecule has 0 aromatic carbocycles. The van der Waals surface area contributed by atoms with E-state index in [0.29, 0.717) is 5.82 Å². The Hall–Kier alpha value is -1.85. The zero-order chi connectivity index (χ0) is 12.1. The van der Waals surface area contributed by atoms with Gasteiger partial charge in [0.05, 0.1) is 0 Å². The lowest BCUT2D eigenvalue weighted by atomic mass is 10.2.